The summed E-state index contributed by atoms with van der Waals surface area (Å²) < 4.78 is 1.03. The second-order valence-corrected chi connectivity index (χ2v) is 4.42. The Hall–Kier alpha value is -1.89. The molecule has 0 aliphatic carbocycles. The van der Waals surface area contributed by atoms with Gasteiger partial charge in [-0.2, -0.15) is 0 Å². The maximum Gasteiger partial charge on any atom is 0.312 e. The molecule has 90 valence electrons. The summed E-state index contributed by atoms with van der Waals surface area (Å²) in [6, 6.07) is -0.522. The maximum atomic E-state index is 10.5. The number of hydrogen-bond acceptors (Lipinski definition) is 5. The molecule has 2 rings (SSSR count). The number of thiophene rings is 1. The van der Waals surface area contributed by atoms with Gasteiger partial charge in [-0.25, -0.2) is 14.8 Å². The zero-order valence-electron chi connectivity index (χ0n) is 9.36. The van der Waals surface area contributed by atoms with Crippen LogP contribution in [0.1, 0.15) is 5.56 Å². The minimum atomic E-state index is -0.522. The van der Waals surface area contributed by atoms with Crippen molar-refractivity contribution in [1.29, 1.82) is 0 Å². The summed E-state index contributed by atoms with van der Waals surface area (Å²) in [5, 5.41) is 7.70. The lowest BCUT2D eigenvalue weighted by atomic mass is 10.3. The summed E-state index contributed by atoms with van der Waals surface area (Å²) in [5.41, 5.74) is 7.08. The molecule has 0 aromatic carbocycles. The molecule has 2 aromatic heterocycles. The third-order valence-corrected chi connectivity index (χ3v) is 3.34. The van der Waals surface area contributed by atoms with E-state index in [0.717, 1.165) is 21.6 Å². The molecular weight excluding hydrogens is 238 g/mol. The standard InChI is InChI=1S/C10H13N5OS/c1-6-4-17-8-7(6)14-5-15-9(8)12-2-3-13-10(11)16/h4-5H,2-3H2,1H3,(H3,11,13,16)(H,12,14,15). The summed E-state index contributed by atoms with van der Waals surface area (Å²) in [5.74, 6) is 0.791. The van der Waals surface area contributed by atoms with E-state index in [9.17, 15) is 4.79 Å². The normalized spacial score (nSPS) is 10.4. The molecule has 0 unspecified atom stereocenters. The first-order valence-corrected chi connectivity index (χ1v) is 6.02. The number of nitrogens with zero attached hydrogens (tertiary/aromatic N) is 2. The number of nitrogens with two attached hydrogens (primary N) is 1. The Kier molecular flexibility index (Phi) is 3.38. The van der Waals surface area contributed by atoms with Gasteiger partial charge in [-0.15, -0.1) is 11.3 Å². The largest absolute Gasteiger partial charge is 0.367 e. The van der Waals surface area contributed by atoms with Crippen molar-refractivity contribution >= 4 is 33.4 Å². The van der Waals surface area contributed by atoms with E-state index in [0.29, 0.717) is 13.1 Å². The molecular formula is C10H13N5OS. The number of carbonyl (C=O) groups is 1. The summed E-state index contributed by atoms with van der Waals surface area (Å²) in [7, 11) is 0. The highest BCUT2D eigenvalue weighted by molar-refractivity contribution is 7.18. The first-order chi connectivity index (χ1) is 8.18. The minimum absolute atomic E-state index is 0.463. The van der Waals surface area contributed by atoms with Gasteiger partial charge in [-0.3, -0.25) is 0 Å². The Bertz CT molecular complexity index is 538. The fourth-order valence-corrected chi connectivity index (χ4v) is 2.43. The average Bonchev–Trinajstić information content (AvgIpc) is 2.67. The van der Waals surface area contributed by atoms with Crippen molar-refractivity contribution in [2.24, 2.45) is 5.73 Å². The van der Waals surface area contributed by atoms with Crippen molar-refractivity contribution in [3.63, 3.8) is 0 Å². The SMILES string of the molecule is Cc1csc2c(NCCNC(N)=O)ncnc12. The van der Waals surface area contributed by atoms with Gasteiger partial charge in [0.05, 0.1) is 10.2 Å². The Labute approximate surface area is 102 Å². The number of urea groups is 1. The van der Waals surface area contributed by atoms with Gasteiger partial charge in [0.25, 0.3) is 0 Å². The smallest absolute Gasteiger partial charge is 0.312 e. The van der Waals surface area contributed by atoms with Gasteiger partial charge in [-0.1, -0.05) is 0 Å². The van der Waals surface area contributed by atoms with Gasteiger partial charge in [0.15, 0.2) is 0 Å². The molecule has 0 spiro atoms. The van der Waals surface area contributed by atoms with E-state index < -0.39 is 6.03 Å². The number of aryl methyl sites for hydroxylation is 1. The van der Waals surface area contributed by atoms with E-state index in [2.05, 4.69) is 20.6 Å². The summed E-state index contributed by atoms with van der Waals surface area (Å²) in [6.45, 7) is 3.06. The van der Waals surface area contributed by atoms with Gasteiger partial charge < -0.3 is 16.4 Å². The molecule has 17 heavy (non-hydrogen) atoms. The second-order valence-electron chi connectivity index (χ2n) is 3.54. The Morgan fingerprint density at radius 1 is 1.47 bits per heavy atom. The van der Waals surface area contributed by atoms with Crippen LogP contribution in [0, 0.1) is 6.92 Å². The highest BCUT2D eigenvalue weighted by Crippen LogP contribution is 2.28. The summed E-state index contributed by atoms with van der Waals surface area (Å²) in [6.07, 6.45) is 1.53. The van der Waals surface area contributed by atoms with Crippen LogP contribution in [-0.2, 0) is 0 Å². The Balaban J connectivity index is 2.06. The number of aromatic nitrogens is 2. The first-order valence-electron chi connectivity index (χ1n) is 5.14. The number of nitrogens with one attached hydrogen (secondary N) is 2. The zero-order valence-corrected chi connectivity index (χ0v) is 10.2. The van der Waals surface area contributed by atoms with Gasteiger partial charge in [0.2, 0.25) is 0 Å². The molecule has 0 saturated carbocycles. The van der Waals surface area contributed by atoms with Crippen molar-refractivity contribution in [2.45, 2.75) is 6.92 Å². The van der Waals surface area contributed by atoms with E-state index >= 15 is 0 Å². The van der Waals surface area contributed by atoms with Crippen LogP contribution in [-0.4, -0.2) is 29.1 Å². The number of hydrogen-bond donors (Lipinski definition) is 3. The fourth-order valence-electron chi connectivity index (χ4n) is 1.46. The summed E-state index contributed by atoms with van der Waals surface area (Å²) >= 11 is 1.61. The van der Waals surface area contributed by atoms with E-state index in [4.69, 9.17) is 5.73 Å². The number of amides is 2. The molecule has 0 atom stereocenters. The van der Waals surface area contributed by atoms with Crippen LogP contribution in [0.15, 0.2) is 11.7 Å². The highest BCUT2D eigenvalue weighted by atomic mass is 32.1. The number of rotatable bonds is 4. The van der Waals surface area contributed by atoms with Gasteiger partial charge in [0.1, 0.15) is 12.1 Å². The minimum Gasteiger partial charge on any atom is -0.367 e. The number of primary amides is 1. The third-order valence-electron chi connectivity index (χ3n) is 2.25. The van der Waals surface area contributed by atoms with Crippen LogP contribution in [0.2, 0.25) is 0 Å². The molecule has 2 aromatic rings. The predicted octanol–water partition coefficient (Wildman–Crippen LogP) is 1.08. The Morgan fingerprint density at radius 2 is 2.29 bits per heavy atom. The topological polar surface area (TPSA) is 92.9 Å². The fraction of sp³-hybridized carbons (Fsp3) is 0.300. The molecule has 2 heterocycles. The third kappa shape index (κ3) is 2.62. The molecule has 0 aliphatic rings. The van der Waals surface area contributed by atoms with Crippen LogP contribution in [0.25, 0.3) is 10.2 Å². The predicted molar refractivity (Wildman–Crippen MR) is 68.2 cm³/mol. The van der Waals surface area contributed by atoms with Gasteiger partial charge in [0, 0.05) is 13.1 Å². The maximum absolute atomic E-state index is 10.5. The molecule has 0 saturated heterocycles. The lowest BCUT2D eigenvalue weighted by molar-refractivity contribution is 0.249. The molecule has 0 fully saturated rings. The number of anilines is 1. The van der Waals surface area contributed by atoms with E-state index in [1.807, 2.05) is 12.3 Å². The quantitative estimate of drug-likeness (QED) is 0.709. The van der Waals surface area contributed by atoms with E-state index in [1.165, 1.54) is 6.33 Å². The van der Waals surface area contributed by atoms with Crippen molar-refractivity contribution in [1.82, 2.24) is 15.3 Å². The van der Waals surface area contributed by atoms with Gasteiger partial charge >= 0.3 is 6.03 Å². The lowest BCUT2D eigenvalue weighted by Gasteiger charge is -2.06. The Morgan fingerprint density at radius 3 is 3.06 bits per heavy atom. The van der Waals surface area contributed by atoms with Crippen LogP contribution in [0.3, 0.4) is 0 Å². The van der Waals surface area contributed by atoms with E-state index in [1.54, 1.807) is 11.3 Å². The molecule has 0 radical (unpaired) electrons. The molecule has 4 N–H and O–H groups in total. The van der Waals surface area contributed by atoms with Crippen LogP contribution in [0.4, 0.5) is 10.6 Å². The molecule has 0 bridgehead atoms. The van der Waals surface area contributed by atoms with Crippen LogP contribution in [0.5, 0.6) is 0 Å². The lowest BCUT2D eigenvalue weighted by Crippen LogP contribution is -2.33. The van der Waals surface area contributed by atoms with Crippen LogP contribution < -0.4 is 16.4 Å². The molecule has 0 aliphatic heterocycles. The van der Waals surface area contributed by atoms with Crippen molar-refractivity contribution in [2.75, 3.05) is 18.4 Å². The first kappa shape index (κ1) is 11.6. The van der Waals surface area contributed by atoms with Crippen molar-refractivity contribution in [3.05, 3.63) is 17.3 Å². The number of fused-ring (bicyclic) bond motifs is 1. The van der Waals surface area contributed by atoms with Crippen molar-refractivity contribution < 1.29 is 4.79 Å². The summed E-state index contributed by atoms with van der Waals surface area (Å²) in [4.78, 5) is 18.9. The average molecular weight is 251 g/mol. The van der Waals surface area contributed by atoms with Crippen molar-refractivity contribution in [3.8, 4) is 0 Å². The zero-order chi connectivity index (χ0) is 12.3. The second kappa shape index (κ2) is 4.96. The molecule has 6 nitrogen and oxygen atoms in total. The van der Waals surface area contributed by atoms with E-state index in [-0.39, 0.29) is 0 Å². The monoisotopic (exact) mass is 251 g/mol. The van der Waals surface area contributed by atoms with Crippen LogP contribution >= 0.6 is 11.3 Å². The molecule has 7 heteroatoms. The van der Waals surface area contributed by atoms with Gasteiger partial charge in [-0.05, 0) is 17.9 Å². The number of carbonyl (C=O) groups excluding carboxylic acids is 1. The molecule has 2 amide bonds. The highest BCUT2D eigenvalue weighted by Gasteiger charge is 2.07.